The number of aryl methyl sites for hydroxylation is 2. The second-order valence-corrected chi connectivity index (χ2v) is 6.11. The fraction of sp³-hybridized carbons (Fsp3) is 0.250. The van der Waals surface area contributed by atoms with Crippen LogP contribution < -0.4 is 10.6 Å². The van der Waals surface area contributed by atoms with Crippen molar-refractivity contribution in [3.8, 4) is 0 Å². The number of nitrogens with one attached hydrogen (secondary N) is 2. The number of rotatable bonds is 6. The number of ether oxygens (including phenoxy) is 1. The van der Waals surface area contributed by atoms with Crippen molar-refractivity contribution in [2.45, 2.75) is 26.9 Å². The van der Waals surface area contributed by atoms with E-state index in [0.29, 0.717) is 11.3 Å². The molecule has 0 unspecified atom stereocenters. The summed E-state index contributed by atoms with van der Waals surface area (Å²) in [7, 11) is 0. The number of halogens is 1. The third kappa shape index (κ3) is 5.91. The molecule has 7 heteroatoms. The molecule has 0 fully saturated rings. The van der Waals surface area contributed by atoms with Gasteiger partial charge in [-0.25, -0.2) is 4.39 Å². The Labute approximate surface area is 156 Å². The lowest BCUT2D eigenvalue weighted by Gasteiger charge is -2.14. The maximum Gasteiger partial charge on any atom is 0.326 e. The van der Waals surface area contributed by atoms with Crippen LogP contribution in [0.2, 0.25) is 0 Å². The molecule has 2 aromatic rings. The first-order valence-electron chi connectivity index (χ1n) is 8.37. The number of benzene rings is 2. The molecule has 0 aromatic heterocycles. The third-order valence-electron chi connectivity index (χ3n) is 3.95. The molecule has 27 heavy (non-hydrogen) atoms. The zero-order valence-electron chi connectivity index (χ0n) is 15.3. The molecule has 1 atom stereocenters. The van der Waals surface area contributed by atoms with Gasteiger partial charge in [0.1, 0.15) is 12.4 Å². The largest absolute Gasteiger partial charge is 0.451 e. The number of hydrogen-bond acceptors (Lipinski definition) is 4. The van der Waals surface area contributed by atoms with E-state index in [9.17, 15) is 18.8 Å². The first kappa shape index (κ1) is 20.1. The normalized spacial score (nSPS) is 11.4. The molecule has 0 heterocycles. The van der Waals surface area contributed by atoms with Crippen LogP contribution in [0.4, 0.5) is 10.1 Å². The molecule has 142 valence electrons. The lowest BCUT2D eigenvalue weighted by atomic mass is 10.1. The Morgan fingerprint density at radius 3 is 2.33 bits per heavy atom. The molecule has 2 N–H and O–H groups in total. The molecule has 2 aromatic carbocycles. The Morgan fingerprint density at radius 2 is 1.70 bits per heavy atom. The highest BCUT2D eigenvalue weighted by Gasteiger charge is 2.18. The van der Waals surface area contributed by atoms with Crippen molar-refractivity contribution in [3.05, 3.63) is 65.0 Å². The molecule has 0 radical (unpaired) electrons. The van der Waals surface area contributed by atoms with Crippen molar-refractivity contribution in [2.24, 2.45) is 0 Å². The average Bonchev–Trinajstić information content (AvgIpc) is 2.63. The molecular formula is C20H21FN2O4. The number of anilines is 1. The van der Waals surface area contributed by atoms with Gasteiger partial charge < -0.3 is 15.4 Å². The van der Waals surface area contributed by atoms with E-state index < -0.39 is 29.7 Å². The molecule has 0 spiro atoms. The summed E-state index contributed by atoms with van der Waals surface area (Å²) in [5.74, 6) is -2.13. The van der Waals surface area contributed by atoms with Crippen LogP contribution in [-0.4, -0.2) is 30.4 Å². The molecule has 0 aliphatic carbocycles. The van der Waals surface area contributed by atoms with E-state index in [1.54, 1.807) is 12.1 Å². The van der Waals surface area contributed by atoms with E-state index in [0.717, 1.165) is 11.1 Å². The van der Waals surface area contributed by atoms with Crippen molar-refractivity contribution in [3.63, 3.8) is 0 Å². The SMILES string of the molecule is Cc1ccc(C(=O)NCC(=O)O[C@@H](C)C(=O)Nc2ccc(F)cc2)cc1C. The second-order valence-electron chi connectivity index (χ2n) is 6.11. The van der Waals surface area contributed by atoms with Crippen molar-refractivity contribution in [1.29, 1.82) is 0 Å². The van der Waals surface area contributed by atoms with Gasteiger partial charge in [0, 0.05) is 11.3 Å². The summed E-state index contributed by atoms with van der Waals surface area (Å²) in [5, 5.41) is 4.97. The lowest BCUT2D eigenvalue weighted by molar-refractivity contribution is -0.152. The van der Waals surface area contributed by atoms with Crippen molar-refractivity contribution in [2.75, 3.05) is 11.9 Å². The number of esters is 1. The molecular weight excluding hydrogens is 351 g/mol. The second kappa shape index (κ2) is 8.93. The van der Waals surface area contributed by atoms with E-state index in [2.05, 4.69) is 10.6 Å². The van der Waals surface area contributed by atoms with Gasteiger partial charge in [-0.2, -0.15) is 0 Å². The molecule has 0 aliphatic rings. The highest BCUT2D eigenvalue weighted by Crippen LogP contribution is 2.10. The average molecular weight is 372 g/mol. The Hall–Kier alpha value is -3.22. The summed E-state index contributed by atoms with van der Waals surface area (Å²) < 4.78 is 17.8. The van der Waals surface area contributed by atoms with Crippen LogP contribution in [0.5, 0.6) is 0 Å². The number of amides is 2. The van der Waals surface area contributed by atoms with Crippen molar-refractivity contribution >= 4 is 23.5 Å². The van der Waals surface area contributed by atoms with Gasteiger partial charge >= 0.3 is 5.97 Å². The van der Waals surface area contributed by atoms with Gasteiger partial charge in [-0.3, -0.25) is 14.4 Å². The Morgan fingerprint density at radius 1 is 1.04 bits per heavy atom. The minimum atomic E-state index is -1.07. The van der Waals surface area contributed by atoms with Gasteiger partial charge in [-0.05, 0) is 68.3 Å². The topological polar surface area (TPSA) is 84.5 Å². The molecule has 0 aliphatic heterocycles. The van der Waals surface area contributed by atoms with Crippen molar-refractivity contribution in [1.82, 2.24) is 5.32 Å². The molecule has 2 rings (SSSR count). The number of carbonyl (C=O) groups excluding carboxylic acids is 3. The van der Waals surface area contributed by atoms with E-state index in [4.69, 9.17) is 4.74 Å². The van der Waals surface area contributed by atoms with Gasteiger partial charge in [-0.1, -0.05) is 6.07 Å². The van der Waals surface area contributed by atoms with E-state index in [1.165, 1.54) is 31.2 Å². The van der Waals surface area contributed by atoms with Gasteiger partial charge in [0.05, 0.1) is 0 Å². The van der Waals surface area contributed by atoms with Crippen LogP contribution in [0.25, 0.3) is 0 Å². The predicted molar refractivity (Wildman–Crippen MR) is 98.8 cm³/mol. The maximum absolute atomic E-state index is 12.9. The first-order valence-corrected chi connectivity index (χ1v) is 8.37. The fourth-order valence-electron chi connectivity index (χ4n) is 2.21. The highest BCUT2D eigenvalue weighted by molar-refractivity contribution is 5.97. The zero-order chi connectivity index (χ0) is 20.0. The van der Waals surface area contributed by atoms with Crippen LogP contribution in [0, 0.1) is 19.7 Å². The predicted octanol–water partition coefficient (Wildman–Crippen LogP) is 2.74. The Kier molecular flexibility index (Phi) is 6.65. The molecule has 2 amide bonds. The van der Waals surface area contributed by atoms with Crippen LogP contribution in [-0.2, 0) is 14.3 Å². The van der Waals surface area contributed by atoms with Crippen LogP contribution in [0.3, 0.4) is 0 Å². The van der Waals surface area contributed by atoms with Crippen LogP contribution in [0.15, 0.2) is 42.5 Å². The molecule has 0 bridgehead atoms. The van der Waals surface area contributed by atoms with E-state index in [-0.39, 0.29) is 6.54 Å². The minimum Gasteiger partial charge on any atom is -0.451 e. The Balaban J connectivity index is 1.81. The fourth-order valence-corrected chi connectivity index (χ4v) is 2.21. The minimum absolute atomic E-state index is 0.361. The van der Waals surface area contributed by atoms with Gasteiger partial charge in [0.25, 0.3) is 11.8 Å². The van der Waals surface area contributed by atoms with Gasteiger partial charge in [-0.15, -0.1) is 0 Å². The number of carbonyl (C=O) groups is 3. The zero-order valence-corrected chi connectivity index (χ0v) is 15.3. The summed E-state index contributed by atoms with van der Waals surface area (Å²) in [4.78, 5) is 35.9. The summed E-state index contributed by atoms with van der Waals surface area (Å²) in [6.45, 7) is 4.87. The molecule has 0 saturated heterocycles. The smallest absolute Gasteiger partial charge is 0.326 e. The summed E-state index contributed by atoms with van der Waals surface area (Å²) >= 11 is 0. The summed E-state index contributed by atoms with van der Waals surface area (Å²) in [6, 6.07) is 10.4. The first-order chi connectivity index (χ1) is 12.8. The quantitative estimate of drug-likeness (QED) is 0.764. The third-order valence-corrected chi connectivity index (χ3v) is 3.95. The molecule has 0 saturated carbocycles. The van der Waals surface area contributed by atoms with Crippen LogP contribution >= 0.6 is 0 Å². The lowest BCUT2D eigenvalue weighted by Crippen LogP contribution is -2.35. The standard InChI is InChI=1S/C20H21FN2O4/c1-12-4-5-15(10-13(12)2)20(26)22-11-18(24)27-14(3)19(25)23-17-8-6-16(21)7-9-17/h4-10,14H,11H2,1-3H3,(H,22,26)(H,23,25)/t14-/m0/s1. The van der Waals surface area contributed by atoms with Crippen molar-refractivity contribution < 1.29 is 23.5 Å². The van der Waals surface area contributed by atoms with E-state index in [1.807, 2.05) is 19.9 Å². The molecule has 6 nitrogen and oxygen atoms in total. The summed E-state index contributed by atoms with van der Waals surface area (Å²) in [5.41, 5.74) is 2.85. The number of hydrogen-bond donors (Lipinski definition) is 2. The summed E-state index contributed by atoms with van der Waals surface area (Å²) in [6.07, 6.45) is -1.07. The monoisotopic (exact) mass is 372 g/mol. The van der Waals surface area contributed by atoms with Gasteiger partial charge in [0.2, 0.25) is 0 Å². The van der Waals surface area contributed by atoms with E-state index >= 15 is 0 Å². The van der Waals surface area contributed by atoms with Crippen LogP contribution in [0.1, 0.15) is 28.4 Å². The maximum atomic E-state index is 12.9. The van der Waals surface area contributed by atoms with Gasteiger partial charge in [0.15, 0.2) is 6.10 Å². The Bertz CT molecular complexity index is 850. The highest BCUT2D eigenvalue weighted by atomic mass is 19.1.